The number of piperidine rings is 4. The number of likely N-dealkylation sites (N-methyl/N-ethyl adjacent to an activating group) is 1. The minimum atomic E-state index is -1.24. The van der Waals surface area contributed by atoms with E-state index < -0.39 is 29.9 Å². The molecular weight excluding hydrogens is 509 g/mol. The minimum Gasteiger partial charge on any atom is -0.477 e. The monoisotopic (exact) mass is 543 g/mol. The fraction of sp³-hybridized carbons (Fsp3) is 0.600. The standard InChI is InChI=1S/C25H34FN9O4/c1-3-38-21-15-28-20(14-29-21)31-23(36)33(2)18-16-35(10-5-17(18)26)22-27-9-4-19(30-22)32-24(37)39-25-6-11-34(12-7-25)13-8-25/h4,9,14-15,17-18H,3,5-8,10-13,16H2,1-2H3,(H,28,31,36)(H,27,30,32,37)/t17-,18-/m0/s1. The molecule has 2 aromatic rings. The second-order valence-corrected chi connectivity index (χ2v) is 10.1. The van der Waals surface area contributed by atoms with E-state index in [1.165, 1.54) is 30.5 Å². The molecule has 2 atom stereocenters. The van der Waals surface area contributed by atoms with Crippen molar-refractivity contribution in [2.75, 3.05) is 61.9 Å². The van der Waals surface area contributed by atoms with E-state index >= 15 is 0 Å². The van der Waals surface area contributed by atoms with E-state index in [1.54, 1.807) is 11.0 Å². The average molecular weight is 544 g/mol. The molecule has 6 heterocycles. The van der Waals surface area contributed by atoms with Gasteiger partial charge in [0.25, 0.3) is 0 Å². The van der Waals surface area contributed by atoms with Crippen molar-refractivity contribution in [2.45, 2.75) is 50.4 Å². The SMILES string of the molecule is CCOc1cnc(NC(=O)N(C)[C@H]2CN(c3nccc(NC(=O)OC45CCN(CC4)CC5)n3)CC[C@@H]2F)cn1. The van der Waals surface area contributed by atoms with Gasteiger partial charge in [-0.15, -0.1) is 0 Å². The lowest BCUT2D eigenvalue weighted by Gasteiger charge is -2.47. The van der Waals surface area contributed by atoms with Crippen molar-refractivity contribution in [3.8, 4) is 5.88 Å². The molecule has 4 aliphatic rings. The lowest BCUT2D eigenvalue weighted by Crippen LogP contribution is -2.55. The Morgan fingerprint density at radius 3 is 2.56 bits per heavy atom. The highest BCUT2D eigenvalue weighted by atomic mass is 19.1. The Labute approximate surface area is 226 Å². The van der Waals surface area contributed by atoms with Crippen LogP contribution in [0.25, 0.3) is 0 Å². The number of anilines is 3. The lowest BCUT2D eigenvalue weighted by molar-refractivity contribution is -0.0742. The molecule has 0 radical (unpaired) electrons. The summed E-state index contributed by atoms with van der Waals surface area (Å²) >= 11 is 0. The molecule has 0 aromatic carbocycles. The quantitative estimate of drug-likeness (QED) is 0.536. The number of fused-ring (bicyclic) bond motifs is 3. The molecule has 2 bridgehead atoms. The normalized spacial score (nSPS) is 26.0. The highest BCUT2D eigenvalue weighted by Crippen LogP contribution is 2.35. The number of alkyl halides is 1. The van der Waals surface area contributed by atoms with Crippen LogP contribution in [-0.4, -0.2) is 106 Å². The van der Waals surface area contributed by atoms with Crippen molar-refractivity contribution in [1.29, 1.82) is 0 Å². The highest BCUT2D eigenvalue weighted by Gasteiger charge is 2.42. The van der Waals surface area contributed by atoms with E-state index in [-0.39, 0.29) is 18.8 Å². The molecule has 39 heavy (non-hydrogen) atoms. The smallest absolute Gasteiger partial charge is 0.413 e. The number of nitrogens with zero attached hydrogens (tertiary/aromatic N) is 7. The van der Waals surface area contributed by atoms with Crippen molar-refractivity contribution >= 4 is 29.7 Å². The average Bonchev–Trinajstić information content (AvgIpc) is 2.95. The Kier molecular flexibility index (Phi) is 7.91. The molecule has 0 spiro atoms. The van der Waals surface area contributed by atoms with Crippen LogP contribution in [0, 0.1) is 0 Å². The summed E-state index contributed by atoms with van der Waals surface area (Å²) in [5.74, 6) is 1.21. The van der Waals surface area contributed by atoms with Gasteiger partial charge in [0.15, 0.2) is 5.82 Å². The molecule has 3 amide bonds. The molecule has 0 unspecified atom stereocenters. The first-order valence-corrected chi connectivity index (χ1v) is 13.3. The van der Waals surface area contributed by atoms with Crippen LogP contribution in [0.4, 0.5) is 31.6 Å². The molecular formula is C25H34FN9O4. The van der Waals surface area contributed by atoms with Gasteiger partial charge in [0, 0.05) is 65.2 Å². The van der Waals surface area contributed by atoms with Crippen molar-refractivity contribution in [2.24, 2.45) is 0 Å². The van der Waals surface area contributed by atoms with Crippen LogP contribution in [0.5, 0.6) is 5.88 Å². The Hall–Kier alpha value is -3.81. The summed E-state index contributed by atoms with van der Waals surface area (Å²) in [5.41, 5.74) is -0.410. The molecule has 210 valence electrons. The third kappa shape index (κ3) is 6.27. The van der Waals surface area contributed by atoms with Gasteiger partial charge in [-0.25, -0.2) is 28.9 Å². The number of carbonyl (C=O) groups excluding carboxylic acids is 2. The summed E-state index contributed by atoms with van der Waals surface area (Å²) < 4.78 is 26.1. The van der Waals surface area contributed by atoms with Crippen molar-refractivity contribution in [1.82, 2.24) is 29.7 Å². The fourth-order valence-corrected chi connectivity index (χ4v) is 5.25. The predicted octanol–water partition coefficient (Wildman–Crippen LogP) is 2.53. The van der Waals surface area contributed by atoms with E-state index in [4.69, 9.17) is 9.47 Å². The largest absolute Gasteiger partial charge is 0.477 e. The molecule has 2 aromatic heterocycles. The zero-order valence-corrected chi connectivity index (χ0v) is 22.2. The molecule has 4 saturated heterocycles. The van der Waals surface area contributed by atoms with Crippen LogP contribution in [0.3, 0.4) is 0 Å². The maximum absolute atomic E-state index is 15.0. The number of nitrogens with one attached hydrogen (secondary N) is 2. The van der Waals surface area contributed by atoms with E-state index in [9.17, 15) is 14.0 Å². The topological polar surface area (TPSA) is 138 Å². The van der Waals surface area contributed by atoms with Crippen LogP contribution in [0.1, 0.15) is 32.6 Å². The number of carbonyl (C=O) groups is 2. The second kappa shape index (κ2) is 11.5. The van der Waals surface area contributed by atoms with Crippen LogP contribution < -0.4 is 20.3 Å². The Bertz CT molecular complexity index is 1150. The minimum absolute atomic E-state index is 0.174. The zero-order chi connectivity index (χ0) is 27.4. The van der Waals surface area contributed by atoms with Gasteiger partial charge in [0.2, 0.25) is 11.8 Å². The van der Waals surface area contributed by atoms with E-state index in [1.807, 2.05) is 6.92 Å². The number of aromatic nitrogens is 4. The van der Waals surface area contributed by atoms with Crippen LogP contribution in [0.2, 0.25) is 0 Å². The lowest BCUT2D eigenvalue weighted by atomic mass is 9.83. The van der Waals surface area contributed by atoms with Gasteiger partial charge in [0.05, 0.1) is 25.0 Å². The summed E-state index contributed by atoms with van der Waals surface area (Å²) in [5, 5.41) is 5.36. The maximum Gasteiger partial charge on any atom is 0.413 e. The van der Waals surface area contributed by atoms with E-state index in [2.05, 4.69) is 35.5 Å². The van der Waals surface area contributed by atoms with Gasteiger partial charge in [0.1, 0.15) is 17.6 Å². The third-order valence-electron chi connectivity index (χ3n) is 7.59. The fourth-order valence-electron chi connectivity index (χ4n) is 5.25. The first kappa shape index (κ1) is 26.8. The van der Waals surface area contributed by atoms with Gasteiger partial charge in [-0.1, -0.05) is 0 Å². The molecule has 4 aliphatic heterocycles. The summed E-state index contributed by atoms with van der Waals surface area (Å²) in [4.78, 5) is 48.0. The van der Waals surface area contributed by atoms with Crippen molar-refractivity contribution < 1.29 is 23.5 Å². The summed E-state index contributed by atoms with van der Waals surface area (Å²) in [6.07, 6.45) is 5.24. The molecule has 0 aliphatic carbocycles. The molecule has 6 rings (SSSR count). The van der Waals surface area contributed by atoms with Crippen LogP contribution in [0.15, 0.2) is 24.7 Å². The number of hydrogen-bond donors (Lipinski definition) is 2. The van der Waals surface area contributed by atoms with Gasteiger partial charge in [-0.2, -0.15) is 4.98 Å². The van der Waals surface area contributed by atoms with Gasteiger partial charge in [-0.3, -0.25) is 10.6 Å². The molecule has 13 nitrogen and oxygen atoms in total. The third-order valence-corrected chi connectivity index (χ3v) is 7.59. The number of halogens is 1. The van der Waals surface area contributed by atoms with Gasteiger partial charge >= 0.3 is 12.1 Å². The molecule has 14 heteroatoms. The summed E-state index contributed by atoms with van der Waals surface area (Å²) in [6, 6.07) is 0.314. The maximum atomic E-state index is 15.0. The molecule has 2 N–H and O–H groups in total. The van der Waals surface area contributed by atoms with Crippen molar-refractivity contribution in [3.63, 3.8) is 0 Å². The Morgan fingerprint density at radius 1 is 1.10 bits per heavy atom. The van der Waals surface area contributed by atoms with E-state index in [0.717, 1.165) is 38.9 Å². The van der Waals surface area contributed by atoms with Crippen LogP contribution >= 0.6 is 0 Å². The Morgan fingerprint density at radius 2 is 1.87 bits per heavy atom. The zero-order valence-electron chi connectivity index (χ0n) is 22.2. The number of amides is 3. The van der Waals surface area contributed by atoms with Crippen molar-refractivity contribution in [3.05, 3.63) is 24.7 Å². The molecule has 0 saturated carbocycles. The number of rotatable bonds is 7. The van der Waals surface area contributed by atoms with E-state index in [0.29, 0.717) is 30.8 Å². The predicted molar refractivity (Wildman–Crippen MR) is 141 cm³/mol. The van der Waals surface area contributed by atoms with Gasteiger partial charge < -0.3 is 24.2 Å². The number of hydrogen-bond acceptors (Lipinski definition) is 10. The molecule has 4 fully saturated rings. The summed E-state index contributed by atoms with van der Waals surface area (Å²) in [7, 11) is 1.53. The van der Waals surface area contributed by atoms with Gasteiger partial charge in [-0.05, 0) is 19.4 Å². The van der Waals surface area contributed by atoms with Crippen LogP contribution in [-0.2, 0) is 4.74 Å². The summed E-state index contributed by atoms with van der Waals surface area (Å²) in [6.45, 7) is 5.65. The number of ether oxygens (including phenoxy) is 2. The highest BCUT2D eigenvalue weighted by molar-refractivity contribution is 5.88. The number of urea groups is 1. The first-order chi connectivity index (χ1) is 18.8. The Balaban J connectivity index is 1.19. The first-order valence-electron chi connectivity index (χ1n) is 13.3. The second-order valence-electron chi connectivity index (χ2n) is 10.1.